The molecule has 1 N–H and O–H groups in total. The Morgan fingerprint density at radius 3 is 2.32 bits per heavy atom. The normalized spacial score (nSPS) is 25.0. The van der Waals surface area contributed by atoms with E-state index < -0.39 is 17.5 Å². The highest BCUT2D eigenvalue weighted by Gasteiger charge is 2.57. The number of amides is 1. The van der Waals surface area contributed by atoms with Gasteiger partial charge in [0.2, 0.25) is 5.60 Å². The van der Waals surface area contributed by atoms with Gasteiger partial charge in [-0.1, -0.05) is 44.2 Å². The molecule has 0 saturated carbocycles. The summed E-state index contributed by atoms with van der Waals surface area (Å²) < 4.78 is 5.11. The van der Waals surface area contributed by atoms with Gasteiger partial charge in [-0.25, -0.2) is 4.79 Å². The number of nitrogens with zero attached hydrogens (tertiary/aromatic N) is 2. The Bertz CT molecular complexity index is 713. The van der Waals surface area contributed by atoms with Crippen LogP contribution in [0.4, 0.5) is 0 Å². The molecule has 1 aromatic carbocycles. The molecule has 2 saturated heterocycles. The third-order valence-corrected chi connectivity index (χ3v) is 6.53. The van der Waals surface area contributed by atoms with Crippen molar-refractivity contribution in [3.05, 3.63) is 35.9 Å². The first-order valence-electron chi connectivity index (χ1n) is 10.0. The van der Waals surface area contributed by atoms with Crippen LogP contribution in [-0.4, -0.2) is 65.2 Å². The van der Waals surface area contributed by atoms with Gasteiger partial charge in [-0.3, -0.25) is 9.69 Å². The van der Waals surface area contributed by atoms with E-state index >= 15 is 0 Å². The number of carboxylic acids is 1. The van der Waals surface area contributed by atoms with Crippen LogP contribution in [0.1, 0.15) is 39.2 Å². The van der Waals surface area contributed by atoms with Crippen molar-refractivity contribution in [3.63, 3.8) is 0 Å². The predicted octanol–water partition coefficient (Wildman–Crippen LogP) is 2.63. The van der Waals surface area contributed by atoms with Crippen LogP contribution in [0.2, 0.25) is 0 Å². The lowest BCUT2D eigenvalue weighted by Crippen LogP contribution is -2.71. The van der Waals surface area contributed by atoms with E-state index in [1.54, 1.807) is 4.90 Å². The molecule has 0 bridgehead atoms. The van der Waals surface area contributed by atoms with Crippen molar-refractivity contribution >= 4 is 11.9 Å². The number of carboxylic acid groups (broad SMARTS) is 1. The summed E-state index contributed by atoms with van der Waals surface area (Å²) in [5, 5.41) is 9.49. The van der Waals surface area contributed by atoms with E-state index in [9.17, 15) is 14.7 Å². The molecule has 2 atom stereocenters. The maximum atomic E-state index is 13.0. The van der Waals surface area contributed by atoms with Crippen molar-refractivity contribution in [3.8, 4) is 0 Å². The van der Waals surface area contributed by atoms with Crippen molar-refractivity contribution < 1.29 is 19.4 Å². The molecule has 0 spiro atoms. The highest BCUT2D eigenvalue weighted by Crippen LogP contribution is 2.45. The second-order valence-corrected chi connectivity index (χ2v) is 9.01. The van der Waals surface area contributed by atoms with Gasteiger partial charge in [0.15, 0.2) is 0 Å². The third kappa shape index (κ3) is 3.80. The zero-order valence-corrected chi connectivity index (χ0v) is 17.4. The molecule has 2 heterocycles. The summed E-state index contributed by atoms with van der Waals surface area (Å²) in [6, 6.07) is 10.5. The molecular weight excluding hydrogens is 356 g/mol. The number of aliphatic carboxylic acids is 1. The van der Waals surface area contributed by atoms with Gasteiger partial charge in [-0.15, -0.1) is 0 Å². The molecule has 2 fully saturated rings. The standard InChI is InChI=1S/C22H32N2O4/c1-21(2)15-24(19(25)22(3,28-4)20(26)27)18(21)17-10-12-23(13-11-17)14-16-8-6-5-7-9-16/h5-9,17-18H,10-15H2,1-4H3,(H,26,27). The molecule has 1 amide bonds. The van der Waals surface area contributed by atoms with Crippen LogP contribution in [0.3, 0.4) is 0 Å². The van der Waals surface area contributed by atoms with Crippen LogP contribution >= 0.6 is 0 Å². The summed E-state index contributed by atoms with van der Waals surface area (Å²) in [7, 11) is 1.29. The molecule has 0 radical (unpaired) electrons. The monoisotopic (exact) mass is 388 g/mol. The van der Waals surface area contributed by atoms with E-state index in [-0.39, 0.29) is 11.5 Å². The number of carbonyl (C=O) groups excluding carboxylic acids is 1. The maximum absolute atomic E-state index is 13.0. The SMILES string of the molecule is COC(C)(C(=O)O)C(=O)N1CC(C)(C)C1C1CCN(Cc2ccccc2)CC1. The molecular formula is C22H32N2O4. The number of carbonyl (C=O) groups is 2. The van der Waals surface area contributed by atoms with Crippen LogP contribution < -0.4 is 0 Å². The van der Waals surface area contributed by atoms with Crippen LogP contribution in [0.5, 0.6) is 0 Å². The van der Waals surface area contributed by atoms with Gasteiger partial charge in [0.1, 0.15) is 0 Å². The minimum Gasteiger partial charge on any atom is -0.479 e. The summed E-state index contributed by atoms with van der Waals surface area (Å²) in [4.78, 5) is 28.8. The van der Waals surface area contributed by atoms with Crippen molar-refractivity contribution in [2.45, 2.75) is 51.8 Å². The van der Waals surface area contributed by atoms with Gasteiger partial charge >= 0.3 is 5.97 Å². The lowest BCUT2D eigenvalue weighted by atomic mass is 9.66. The van der Waals surface area contributed by atoms with Crippen molar-refractivity contribution in [1.29, 1.82) is 0 Å². The van der Waals surface area contributed by atoms with E-state index in [2.05, 4.69) is 43.0 Å². The second-order valence-electron chi connectivity index (χ2n) is 9.01. The number of piperidine rings is 1. The Morgan fingerprint density at radius 1 is 1.21 bits per heavy atom. The molecule has 1 aromatic rings. The second kappa shape index (κ2) is 7.84. The van der Waals surface area contributed by atoms with Crippen molar-refractivity contribution in [1.82, 2.24) is 9.80 Å². The van der Waals surface area contributed by atoms with Crippen LogP contribution in [-0.2, 0) is 20.9 Å². The van der Waals surface area contributed by atoms with E-state index in [0.29, 0.717) is 12.5 Å². The zero-order valence-electron chi connectivity index (χ0n) is 17.4. The average Bonchev–Trinajstić information content (AvgIpc) is 2.67. The Hall–Kier alpha value is -1.92. The molecule has 0 aliphatic carbocycles. The number of ether oxygens (including phenoxy) is 1. The minimum atomic E-state index is -1.82. The maximum Gasteiger partial charge on any atom is 0.345 e. The molecule has 0 aromatic heterocycles. The van der Waals surface area contributed by atoms with Gasteiger partial charge in [0.05, 0.1) is 0 Å². The summed E-state index contributed by atoms with van der Waals surface area (Å²) in [6.45, 7) is 9.20. The van der Waals surface area contributed by atoms with Gasteiger partial charge in [0, 0.05) is 31.7 Å². The van der Waals surface area contributed by atoms with E-state index in [1.807, 2.05) is 6.07 Å². The summed E-state index contributed by atoms with van der Waals surface area (Å²) in [5.41, 5.74) is -0.503. The first-order valence-corrected chi connectivity index (χ1v) is 10.0. The molecule has 2 unspecified atom stereocenters. The number of hydrogen-bond acceptors (Lipinski definition) is 4. The number of rotatable bonds is 6. The Kier molecular flexibility index (Phi) is 5.82. The Balaban J connectivity index is 1.65. The van der Waals surface area contributed by atoms with Gasteiger partial charge < -0.3 is 14.7 Å². The van der Waals surface area contributed by atoms with Crippen molar-refractivity contribution in [2.75, 3.05) is 26.7 Å². The molecule has 28 heavy (non-hydrogen) atoms. The lowest BCUT2D eigenvalue weighted by Gasteiger charge is -2.59. The van der Waals surface area contributed by atoms with Crippen LogP contribution in [0.15, 0.2) is 30.3 Å². The molecule has 2 aliphatic heterocycles. The van der Waals surface area contributed by atoms with E-state index in [1.165, 1.54) is 19.6 Å². The average molecular weight is 389 g/mol. The summed E-state index contributed by atoms with van der Waals surface area (Å²) in [5.74, 6) is -1.28. The Labute approximate surface area is 167 Å². The van der Waals surface area contributed by atoms with E-state index in [0.717, 1.165) is 32.5 Å². The molecule has 6 nitrogen and oxygen atoms in total. The fraction of sp³-hybridized carbons (Fsp3) is 0.636. The fourth-order valence-electron chi connectivity index (χ4n) is 4.84. The molecule has 2 aliphatic rings. The topological polar surface area (TPSA) is 70.1 Å². The lowest BCUT2D eigenvalue weighted by molar-refractivity contribution is -0.189. The smallest absolute Gasteiger partial charge is 0.345 e. The van der Waals surface area contributed by atoms with E-state index in [4.69, 9.17) is 4.74 Å². The summed E-state index contributed by atoms with van der Waals surface area (Å²) in [6.07, 6.45) is 2.03. The third-order valence-electron chi connectivity index (χ3n) is 6.53. The zero-order chi connectivity index (χ0) is 20.5. The van der Waals surface area contributed by atoms with Crippen molar-refractivity contribution in [2.24, 2.45) is 11.3 Å². The van der Waals surface area contributed by atoms with Crippen LogP contribution in [0.25, 0.3) is 0 Å². The fourth-order valence-corrected chi connectivity index (χ4v) is 4.84. The van der Waals surface area contributed by atoms with Gasteiger partial charge in [0.25, 0.3) is 5.91 Å². The first-order chi connectivity index (χ1) is 13.2. The number of methoxy groups -OCH3 is 1. The van der Waals surface area contributed by atoms with Gasteiger partial charge in [-0.2, -0.15) is 0 Å². The largest absolute Gasteiger partial charge is 0.479 e. The number of hydrogen-bond donors (Lipinski definition) is 1. The molecule has 154 valence electrons. The summed E-state index contributed by atoms with van der Waals surface area (Å²) >= 11 is 0. The molecule has 6 heteroatoms. The highest BCUT2D eigenvalue weighted by molar-refractivity contribution is 6.05. The Morgan fingerprint density at radius 2 is 1.82 bits per heavy atom. The molecule has 3 rings (SSSR count). The quantitative estimate of drug-likeness (QED) is 0.759. The predicted molar refractivity (Wildman–Crippen MR) is 107 cm³/mol. The first kappa shape index (κ1) is 20.8. The van der Waals surface area contributed by atoms with Crippen LogP contribution in [0, 0.1) is 11.3 Å². The highest BCUT2D eigenvalue weighted by atomic mass is 16.5. The van der Waals surface area contributed by atoms with Gasteiger partial charge in [-0.05, 0) is 44.3 Å². The number of benzene rings is 1. The minimum absolute atomic E-state index is 0.00488. The number of likely N-dealkylation sites (tertiary alicyclic amines) is 2.